The number of aromatic nitrogens is 1. The summed E-state index contributed by atoms with van der Waals surface area (Å²) in [5, 5.41) is 38.7. The molecule has 0 bridgehead atoms. The Hall–Kier alpha value is -3.54. The van der Waals surface area contributed by atoms with Gasteiger partial charge in [-0.2, -0.15) is 5.26 Å². The van der Waals surface area contributed by atoms with E-state index in [4.69, 9.17) is 0 Å². The molecule has 1 aromatic carbocycles. The normalized spacial score (nSPS) is 14.5. The molecule has 1 aliphatic rings. The molecule has 1 N–H and O–H groups in total. The number of para-hydroxylation sites is 1. The molecule has 1 fully saturated rings. The van der Waals surface area contributed by atoms with E-state index >= 15 is 0 Å². The largest absolute Gasteiger partial charge is 0.493 e. The molecule has 0 amide bonds. The van der Waals surface area contributed by atoms with Gasteiger partial charge in [0.2, 0.25) is 5.88 Å². The first kappa shape index (κ1) is 18.3. The summed E-state index contributed by atoms with van der Waals surface area (Å²) in [5.74, 6) is -0.364. The molecular weight excluding hydrogens is 350 g/mol. The third-order valence-electron chi connectivity index (χ3n) is 4.74. The van der Waals surface area contributed by atoms with Gasteiger partial charge in [-0.3, -0.25) is 19.5 Å². The summed E-state index contributed by atoms with van der Waals surface area (Å²) < 4.78 is 1.20. The predicted octanol–water partition coefficient (Wildman–Crippen LogP) is 4.17. The maximum Gasteiger partial charge on any atom is 0.296 e. The molecule has 1 saturated carbocycles. The van der Waals surface area contributed by atoms with Crippen molar-refractivity contribution in [1.29, 1.82) is 5.26 Å². The highest BCUT2D eigenvalue weighted by molar-refractivity contribution is 5.59. The molecule has 9 nitrogen and oxygen atoms in total. The van der Waals surface area contributed by atoms with Crippen molar-refractivity contribution in [1.82, 2.24) is 4.57 Å². The average Bonchev–Trinajstić information content (AvgIpc) is 3.16. The number of nitrogens with zero attached hydrogens (tertiary/aromatic N) is 5. The Kier molecular flexibility index (Phi) is 4.98. The summed E-state index contributed by atoms with van der Waals surface area (Å²) in [6, 6.07) is 7.48. The van der Waals surface area contributed by atoms with Crippen molar-refractivity contribution >= 4 is 17.1 Å². The zero-order chi connectivity index (χ0) is 19.6. The van der Waals surface area contributed by atoms with Gasteiger partial charge in [0.1, 0.15) is 11.6 Å². The second kappa shape index (κ2) is 7.37. The van der Waals surface area contributed by atoms with Gasteiger partial charge in [0.25, 0.3) is 11.2 Å². The maximum absolute atomic E-state index is 12.9. The Morgan fingerprint density at radius 3 is 2.59 bits per heavy atom. The summed E-state index contributed by atoms with van der Waals surface area (Å²) in [6.07, 6.45) is 3.31. The second-order valence-corrected chi connectivity index (χ2v) is 6.34. The van der Waals surface area contributed by atoms with Crippen molar-refractivity contribution in [2.45, 2.75) is 38.6 Å². The minimum atomic E-state index is -0.588. The van der Waals surface area contributed by atoms with Crippen LogP contribution in [0.1, 0.15) is 42.9 Å². The van der Waals surface area contributed by atoms with Crippen LogP contribution in [0.2, 0.25) is 0 Å². The standard InChI is InChI=1S/C18H17N5O4/c1-11-13(10-19)17(24)22(12-6-2-3-7-12)18(25)16(11)21-20-14-8-4-5-9-15(14)23(26)27/h4-5,8-9,12,24H,2-3,6-7H2,1H3. The molecular formula is C18H17N5O4. The second-order valence-electron chi connectivity index (χ2n) is 6.34. The van der Waals surface area contributed by atoms with E-state index in [1.807, 2.05) is 6.07 Å². The molecule has 2 aromatic rings. The Bertz CT molecular complexity index is 1030. The maximum atomic E-state index is 12.9. The molecule has 0 radical (unpaired) electrons. The van der Waals surface area contributed by atoms with Gasteiger partial charge in [0.05, 0.1) is 4.92 Å². The molecule has 0 saturated heterocycles. The number of benzene rings is 1. The van der Waals surface area contributed by atoms with Crippen molar-refractivity contribution in [2.75, 3.05) is 0 Å². The number of pyridine rings is 1. The van der Waals surface area contributed by atoms with E-state index in [0.717, 1.165) is 25.7 Å². The fourth-order valence-electron chi connectivity index (χ4n) is 3.34. The SMILES string of the molecule is Cc1c(C#N)c(O)n(C2CCCC2)c(=O)c1N=Nc1ccccc1[N+](=O)[O-]. The van der Waals surface area contributed by atoms with Gasteiger partial charge in [0, 0.05) is 17.7 Å². The Labute approximate surface area is 154 Å². The first-order valence-corrected chi connectivity index (χ1v) is 8.49. The fraction of sp³-hybridized carbons (Fsp3) is 0.333. The van der Waals surface area contributed by atoms with Crippen molar-refractivity contribution in [3.63, 3.8) is 0 Å². The van der Waals surface area contributed by atoms with E-state index < -0.39 is 10.5 Å². The van der Waals surface area contributed by atoms with E-state index in [1.165, 1.54) is 29.7 Å². The number of hydrogen-bond acceptors (Lipinski definition) is 7. The average molecular weight is 367 g/mol. The van der Waals surface area contributed by atoms with Crippen LogP contribution in [-0.2, 0) is 0 Å². The summed E-state index contributed by atoms with van der Waals surface area (Å²) in [7, 11) is 0. The smallest absolute Gasteiger partial charge is 0.296 e. The fourth-order valence-corrected chi connectivity index (χ4v) is 3.34. The Balaban J connectivity index is 2.16. The number of rotatable bonds is 4. The van der Waals surface area contributed by atoms with Crippen LogP contribution in [0.4, 0.5) is 17.1 Å². The van der Waals surface area contributed by atoms with E-state index in [2.05, 4.69) is 10.2 Å². The zero-order valence-electron chi connectivity index (χ0n) is 14.6. The lowest BCUT2D eigenvalue weighted by atomic mass is 10.1. The minimum Gasteiger partial charge on any atom is -0.493 e. The van der Waals surface area contributed by atoms with E-state index in [1.54, 1.807) is 6.07 Å². The minimum absolute atomic E-state index is 0.000277. The molecule has 3 rings (SSSR count). The van der Waals surface area contributed by atoms with Crippen LogP contribution in [0, 0.1) is 28.4 Å². The van der Waals surface area contributed by atoms with E-state index in [-0.39, 0.29) is 40.1 Å². The van der Waals surface area contributed by atoms with Gasteiger partial charge >= 0.3 is 0 Å². The number of nitriles is 1. The third kappa shape index (κ3) is 3.29. The van der Waals surface area contributed by atoms with Gasteiger partial charge < -0.3 is 5.11 Å². The number of aromatic hydroxyl groups is 1. The summed E-state index contributed by atoms with van der Waals surface area (Å²) in [4.78, 5) is 23.4. The summed E-state index contributed by atoms with van der Waals surface area (Å²) in [6.45, 7) is 1.49. The van der Waals surface area contributed by atoms with Crippen molar-refractivity contribution in [2.24, 2.45) is 10.2 Å². The van der Waals surface area contributed by atoms with Gasteiger partial charge in [-0.15, -0.1) is 10.2 Å². The Morgan fingerprint density at radius 1 is 1.30 bits per heavy atom. The highest BCUT2D eigenvalue weighted by Crippen LogP contribution is 2.35. The number of hydrogen-bond donors (Lipinski definition) is 1. The summed E-state index contributed by atoms with van der Waals surface area (Å²) in [5.41, 5.74) is -0.753. The predicted molar refractivity (Wildman–Crippen MR) is 96.6 cm³/mol. The molecule has 0 unspecified atom stereocenters. The molecule has 1 heterocycles. The molecule has 1 aromatic heterocycles. The number of nitro benzene ring substituents is 1. The molecule has 138 valence electrons. The van der Waals surface area contributed by atoms with Crippen LogP contribution in [0.15, 0.2) is 39.3 Å². The van der Waals surface area contributed by atoms with Crippen LogP contribution >= 0.6 is 0 Å². The highest BCUT2D eigenvalue weighted by Gasteiger charge is 2.26. The number of nitro groups is 1. The molecule has 27 heavy (non-hydrogen) atoms. The first-order chi connectivity index (χ1) is 13.0. The molecule has 0 atom stereocenters. The molecule has 1 aliphatic carbocycles. The molecule has 9 heteroatoms. The van der Waals surface area contributed by atoms with Crippen LogP contribution in [-0.4, -0.2) is 14.6 Å². The van der Waals surface area contributed by atoms with Crippen molar-refractivity contribution in [3.05, 3.63) is 55.9 Å². The van der Waals surface area contributed by atoms with Gasteiger partial charge in [0.15, 0.2) is 11.4 Å². The quantitative estimate of drug-likeness (QED) is 0.491. The lowest BCUT2D eigenvalue weighted by molar-refractivity contribution is -0.384. The van der Waals surface area contributed by atoms with Crippen LogP contribution in [0.25, 0.3) is 0 Å². The van der Waals surface area contributed by atoms with Crippen LogP contribution in [0.5, 0.6) is 5.88 Å². The zero-order valence-corrected chi connectivity index (χ0v) is 14.6. The van der Waals surface area contributed by atoms with Gasteiger partial charge in [-0.05, 0) is 25.8 Å². The van der Waals surface area contributed by atoms with Crippen molar-refractivity contribution < 1.29 is 10.0 Å². The number of azo groups is 1. The van der Waals surface area contributed by atoms with Gasteiger partial charge in [-0.25, -0.2) is 0 Å². The molecule has 0 aliphatic heterocycles. The Morgan fingerprint density at radius 2 is 1.96 bits per heavy atom. The first-order valence-electron chi connectivity index (χ1n) is 8.49. The van der Waals surface area contributed by atoms with E-state index in [9.17, 15) is 25.3 Å². The summed E-state index contributed by atoms with van der Waals surface area (Å²) >= 11 is 0. The topological polar surface area (TPSA) is 134 Å². The molecule has 0 spiro atoms. The van der Waals surface area contributed by atoms with Gasteiger partial charge in [-0.1, -0.05) is 25.0 Å². The highest BCUT2D eigenvalue weighted by atomic mass is 16.6. The van der Waals surface area contributed by atoms with Crippen LogP contribution in [0.3, 0.4) is 0 Å². The lowest BCUT2D eigenvalue weighted by Gasteiger charge is -2.18. The third-order valence-corrected chi connectivity index (χ3v) is 4.74. The van der Waals surface area contributed by atoms with Crippen LogP contribution < -0.4 is 5.56 Å². The lowest BCUT2D eigenvalue weighted by Crippen LogP contribution is -2.24. The monoisotopic (exact) mass is 367 g/mol. The van der Waals surface area contributed by atoms with Crippen molar-refractivity contribution in [3.8, 4) is 11.9 Å². The van der Waals surface area contributed by atoms with E-state index in [0.29, 0.717) is 0 Å².